The Morgan fingerprint density at radius 3 is 2.42 bits per heavy atom. The van der Waals surface area contributed by atoms with Gasteiger partial charge in [-0.2, -0.15) is 0 Å². The van der Waals surface area contributed by atoms with E-state index in [1.807, 2.05) is 24.3 Å². The normalized spacial score (nSPS) is 10.3. The van der Waals surface area contributed by atoms with Gasteiger partial charge in [0.15, 0.2) is 0 Å². The lowest BCUT2D eigenvalue weighted by atomic mass is 10.0. The predicted octanol–water partition coefficient (Wildman–Crippen LogP) is 2.96. The maximum Gasteiger partial charge on any atom is 0.288 e. The van der Waals surface area contributed by atoms with Gasteiger partial charge >= 0.3 is 0 Å². The van der Waals surface area contributed by atoms with Gasteiger partial charge in [-0.25, -0.2) is 0 Å². The highest BCUT2D eigenvalue weighted by Gasteiger charge is 2.05. The molecule has 0 saturated heterocycles. The fraction of sp³-hybridized carbons (Fsp3) is 0.200. The summed E-state index contributed by atoms with van der Waals surface area (Å²) in [7, 11) is 0. The molecule has 1 heterocycles. The van der Waals surface area contributed by atoms with E-state index in [0.717, 1.165) is 5.69 Å². The van der Waals surface area contributed by atoms with Crippen LogP contribution in [-0.2, 0) is 0 Å². The lowest BCUT2D eigenvalue weighted by Gasteiger charge is -2.10. The molecule has 98 valence electrons. The number of rotatable bonds is 4. The molecular formula is C15H17N3O. The average molecular weight is 255 g/mol. The van der Waals surface area contributed by atoms with Crippen molar-refractivity contribution in [2.75, 3.05) is 5.43 Å². The van der Waals surface area contributed by atoms with Gasteiger partial charge in [0, 0.05) is 6.20 Å². The Labute approximate surface area is 112 Å². The second kappa shape index (κ2) is 6.00. The van der Waals surface area contributed by atoms with E-state index in [1.54, 1.807) is 24.4 Å². The number of aromatic nitrogens is 1. The third-order valence-corrected chi connectivity index (χ3v) is 2.80. The van der Waals surface area contributed by atoms with Crippen LogP contribution in [0, 0.1) is 0 Å². The van der Waals surface area contributed by atoms with Gasteiger partial charge in [-0.3, -0.25) is 20.6 Å². The minimum absolute atomic E-state index is 0.256. The highest BCUT2D eigenvalue weighted by atomic mass is 16.2. The van der Waals surface area contributed by atoms with Gasteiger partial charge in [0.05, 0.1) is 5.69 Å². The van der Waals surface area contributed by atoms with E-state index >= 15 is 0 Å². The number of hydrogen-bond acceptors (Lipinski definition) is 3. The Balaban J connectivity index is 1.94. The molecule has 2 rings (SSSR count). The molecule has 2 N–H and O–H groups in total. The molecule has 1 amide bonds. The molecule has 0 spiro atoms. The molecule has 4 heteroatoms. The second-order valence-electron chi connectivity index (χ2n) is 4.57. The van der Waals surface area contributed by atoms with Crippen LogP contribution in [0.3, 0.4) is 0 Å². The number of carbonyl (C=O) groups excluding carboxylic acids is 1. The second-order valence-corrected chi connectivity index (χ2v) is 4.57. The zero-order chi connectivity index (χ0) is 13.7. The fourth-order valence-corrected chi connectivity index (χ4v) is 1.64. The molecule has 2 aromatic rings. The van der Waals surface area contributed by atoms with Gasteiger partial charge in [0.2, 0.25) is 0 Å². The summed E-state index contributed by atoms with van der Waals surface area (Å²) in [4.78, 5) is 15.7. The first kappa shape index (κ1) is 13.1. The summed E-state index contributed by atoms with van der Waals surface area (Å²) in [5.41, 5.74) is 7.97. The summed E-state index contributed by atoms with van der Waals surface area (Å²) in [5, 5.41) is 0. The number of hydrogen-bond donors (Lipinski definition) is 2. The fourth-order valence-electron chi connectivity index (χ4n) is 1.64. The topological polar surface area (TPSA) is 54.0 Å². The molecule has 1 aromatic heterocycles. The molecule has 0 saturated carbocycles. The summed E-state index contributed by atoms with van der Waals surface area (Å²) < 4.78 is 0. The van der Waals surface area contributed by atoms with Gasteiger partial charge < -0.3 is 0 Å². The van der Waals surface area contributed by atoms with Gasteiger partial charge in [-0.15, -0.1) is 0 Å². The molecule has 0 radical (unpaired) electrons. The van der Waals surface area contributed by atoms with Crippen LogP contribution < -0.4 is 10.9 Å². The zero-order valence-corrected chi connectivity index (χ0v) is 11.1. The zero-order valence-electron chi connectivity index (χ0n) is 11.1. The van der Waals surface area contributed by atoms with Crippen molar-refractivity contribution in [1.82, 2.24) is 10.4 Å². The van der Waals surface area contributed by atoms with Crippen LogP contribution in [0.4, 0.5) is 5.69 Å². The molecule has 0 atom stereocenters. The lowest BCUT2D eigenvalue weighted by Crippen LogP contribution is -2.29. The van der Waals surface area contributed by atoms with Crippen molar-refractivity contribution in [2.45, 2.75) is 19.8 Å². The summed E-state index contributed by atoms with van der Waals surface area (Å²) in [5.74, 6) is 0.241. The van der Waals surface area contributed by atoms with E-state index in [9.17, 15) is 4.79 Å². The number of amides is 1. The average Bonchev–Trinajstić information content (AvgIpc) is 2.46. The minimum Gasteiger partial charge on any atom is -0.298 e. The van der Waals surface area contributed by atoms with Crippen LogP contribution in [-0.4, -0.2) is 10.9 Å². The maximum atomic E-state index is 11.8. The smallest absolute Gasteiger partial charge is 0.288 e. The SMILES string of the molecule is CC(C)c1ccc(NNC(=O)c2ccccn2)cc1. The monoisotopic (exact) mass is 255 g/mol. The predicted molar refractivity (Wildman–Crippen MR) is 75.9 cm³/mol. The van der Waals surface area contributed by atoms with Gasteiger partial charge in [-0.1, -0.05) is 32.0 Å². The van der Waals surface area contributed by atoms with E-state index in [-0.39, 0.29) is 5.91 Å². The minimum atomic E-state index is -0.256. The molecule has 0 bridgehead atoms. The summed E-state index contributed by atoms with van der Waals surface area (Å²) >= 11 is 0. The van der Waals surface area contributed by atoms with E-state index in [1.165, 1.54) is 5.56 Å². The van der Waals surface area contributed by atoms with Gasteiger partial charge in [-0.05, 0) is 35.7 Å². The molecule has 0 fully saturated rings. The van der Waals surface area contributed by atoms with Crippen LogP contribution in [0.1, 0.15) is 35.8 Å². The number of nitrogens with zero attached hydrogens (tertiary/aromatic N) is 1. The van der Waals surface area contributed by atoms with Crippen molar-refractivity contribution < 1.29 is 4.79 Å². The highest BCUT2D eigenvalue weighted by Crippen LogP contribution is 2.16. The molecule has 0 unspecified atom stereocenters. The van der Waals surface area contributed by atoms with E-state index in [2.05, 4.69) is 29.7 Å². The molecule has 0 aliphatic heterocycles. The highest BCUT2D eigenvalue weighted by molar-refractivity contribution is 5.92. The van der Waals surface area contributed by atoms with E-state index in [0.29, 0.717) is 11.6 Å². The first-order valence-corrected chi connectivity index (χ1v) is 6.24. The van der Waals surface area contributed by atoms with Crippen LogP contribution in [0.25, 0.3) is 0 Å². The summed E-state index contributed by atoms with van der Waals surface area (Å²) in [6.07, 6.45) is 1.59. The number of nitrogens with one attached hydrogen (secondary N) is 2. The van der Waals surface area contributed by atoms with Crippen molar-refractivity contribution in [3.8, 4) is 0 Å². The Morgan fingerprint density at radius 2 is 1.84 bits per heavy atom. The third kappa shape index (κ3) is 3.55. The summed E-state index contributed by atoms with van der Waals surface area (Å²) in [6.45, 7) is 4.29. The maximum absolute atomic E-state index is 11.8. The van der Waals surface area contributed by atoms with Crippen LogP contribution in [0.15, 0.2) is 48.7 Å². The van der Waals surface area contributed by atoms with Crippen LogP contribution >= 0.6 is 0 Å². The summed E-state index contributed by atoms with van der Waals surface area (Å²) in [6, 6.07) is 13.2. The Morgan fingerprint density at radius 1 is 1.11 bits per heavy atom. The molecule has 0 aliphatic rings. The van der Waals surface area contributed by atoms with Crippen molar-refractivity contribution in [3.05, 3.63) is 59.9 Å². The lowest BCUT2D eigenvalue weighted by molar-refractivity contribution is 0.0958. The van der Waals surface area contributed by atoms with E-state index < -0.39 is 0 Å². The van der Waals surface area contributed by atoms with Crippen molar-refractivity contribution in [1.29, 1.82) is 0 Å². The van der Waals surface area contributed by atoms with E-state index in [4.69, 9.17) is 0 Å². The Hall–Kier alpha value is -2.36. The molecule has 19 heavy (non-hydrogen) atoms. The number of benzene rings is 1. The number of hydrazine groups is 1. The number of pyridine rings is 1. The Kier molecular flexibility index (Phi) is 4.13. The largest absolute Gasteiger partial charge is 0.298 e. The van der Waals surface area contributed by atoms with Gasteiger partial charge in [0.25, 0.3) is 5.91 Å². The standard InChI is InChI=1S/C15H17N3O/c1-11(2)12-6-8-13(9-7-12)17-18-15(19)14-5-3-4-10-16-14/h3-11,17H,1-2H3,(H,18,19). The van der Waals surface area contributed by atoms with Crippen molar-refractivity contribution >= 4 is 11.6 Å². The van der Waals surface area contributed by atoms with Crippen LogP contribution in [0.2, 0.25) is 0 Å². The van der Waals surface area contributed by atoms with Crippen molar-refractivity contribution in [3.63, 3.8) is 0 Å². The first-order valence-electron chi connectivity index (χ1n) is 6.24. The van der Waals surface area contributed by atoms with Gasteiger partial charge in [0.1, 0.15) is 5.69 Å². The molecule has 1 aromatic carbocycles. The van der Waals surface area contributed by atoms with Crippen LogP contribution in [0.5, 0.6) is 0 Å². The molecular weight excluding hydrogens is 238 g/mol. The Bertz CT molecular complexity index is 535. The third-order valence-electron chi connectivity index (χ3n) is 2.80. The first-order chi connectivity index (χ1) is 9.16. The van der Waals surface area contributed by atoms with Crippen molar-refractivity contribution in [2.24, 2.45) is 0 Å². The number of carbonyl (C=O) groups is 1. The quantitative estimate of drug-likeness (QED) is 0.826. The number of anilines is 1. The molecule has 0 aliphatic carbocycles. The molecule has 4 nitrogen and oxygen atoms in total.